The maximum Gasteiger partial charge on any atom is 0.283 e. The molecule has 0 fully saturated rings. The van der Waals surface area contributed by atoms with Gasteiger partial charge in [-0.25, -0.2) is 13.3 Å². The quantitative estimate of drug-likeness (QED) is 0.552. The van der Waals surface area contributed by atoms with Crippen molar-refractivity contribution in [2.24, 2.45) is 9.39 Å². The summed E-state index contributed by atoms with van der Waals surface area (Å²) in [6.07, 6.45) is 2.61. The lowest BCUT2D eigenvalue weighted by Crippen LogP contribution is -2.45. The number of amides is 1. The van der Waals surface area contributed by atoms with Crippen LogP contribution in [-0.4, -0.2) is 46.2 Å². The highest BCUT2D eigenvalue weighted by Crippen LogP contribution is 2.31. The van der Waals surface area contributed by atoms with E-state index < -0.39 is 15.7 Å². The van der Waals surface area contributed by atoms with Crippen LogP contribution in [0, 0.1) is 33.1 Å². The van der Waals surface area contributed by atoms with Crippen molar-refractivity contribution in [2.45, 2.75) is 27.7 Å². The van der Waals surface area contributed by atoms with Gasteiger partial charge in [-0.3, -0.25) is 10.2 Å². The Kier molecular flexibility index (Phi) is 5.01. The molecule has 0 spiro atoms. The number of hydrogen-bond acceptors (Lipinski definition) is 6. The highest BCUT2D eigenvalue weighted by Gasteiger charge is 2.41. The molecule has 0 saturated carbocycles. The Hall–Kier alpha value is -2.98. The number of aryl methyl sites for hydroxylation is 3. The molecule has 31 heavy (non-hydrogen) atoms. The summed E-state index contributed by atoms with van der Waals surface area (Å²) in [5.74, 6) is -0.842. The molecule has 8 nitrogen and oxygen atoms in total. The van der Waals surface area contributed by atoms with Crippen molar-refractivity contribution in [3.8, 4) is 5.69 Å². The zero-order chi connectivity index (χ0) is 22.7. The van der Waals surface area contributed by atoms with Crippen molar-refractivity contribution in [1.82, 2.24) is 9.47 Å². The largest absolute Gasteiger partial charge is 0.318 e. The second-order valence-corrected chi connectivity index (χ2v) is 10.3. The van der Waals surface area contributed by atoms with Crippen molar-refractivity contribution < 1.29 is 13.2 Å². The van der Waals surface area contributed by atoms with Crippen molar-refractivity contribution in [3.63, 3.8) is 0 Å². The van der Waals surface area contributed by atoms with Crippen molar-refractivity contribution in [1.29, 1.82) is 5.41 Å². The van der Waals surface area contributed by atoms with Crippen molar-refractivity contribution >= 4 is 49.9 Å². The van der Waals surface area contributed by atoms with Gasteiger partial charge in [0.1, 0.15) is 5.84 Å². The van der Waals surface area contributed by atoms with Gasteiger partial charge in [0, 0.05) is 23.3 Å². The number of carbonyl (C=O) groups excluding carboxylic acids is 1. The molecule has 2 aliphatic rings. The van der Waals surface area contributed by atoms with Crippen LogP contribution in [0.1, 0.15) is 28.1 Å². The van der Waals surface area contributed by atoms with E-state index in [1.54, 1.807) is 6.08 Å². The molecule has 1 aromatic heterocycles. The Labute approximate surface area is 185 Å². The number of benzene rings is 1. The first-order valence-corrected chi connectivity index (χ1v) is 12.1. The van der Waals surface area contributed by atoms with Gasteiger partial charge in [-0.05, 0) is 68.7 Å². The summed E-state index contributed by atoms with van der Waals surface area (Å²) in [7, 11) is -3.68. The molecule has 1 N–H and O–H groups in total. The molecule has 0 radical (unpaired) electrons. The van der Waals surface area contributed by atoms with Crippen molar-refractivity contribution in [3.05, 3.63) is 57.9 Å². The van der Waals surface area contributed by atoms with Gasteiger partial charge in [0.25, 0.3) is 5.91 Å². The number of hydrogen-bond donors (Lipinski definition) is 1. The van der Waals surface area contributed by atoms with Crippen LogP contribution in [0.2, 0.25) is 0 Å². The van der Waals surface area contributed by atoms with Crippen LogP contribution < -0.4 is 0 Å². The number of nitrogens with zero attached hydrogens (tertiary/aromatic N) is 4. The monoisotopic (exact) mass is 455 g/mol. The van der Waals surface area contributed by atoms with E-state index in [9.17, 15) is 13.2 Å². The third kappa shape index (κ3) is 3.66. The molecule has 2 aliphatic heterocycles. The molecule has 0 atom stereocenters. The Morgan fingerprint density at radius 2 is 1.71 bits per heavy atom. The molecule has 0 aliphatic carbocycles. The summed E-state index contributed by atoms with van der Waals surface area (Å²) in [5, 5.41) is 8.29. The SMILES string of the molecule is Cc1cc(C)cc(-n2c(C)cc(/C=C3/C(=N)N4C(=NC3=O)SN=C4S(C)(=O)=O)c2C)c1. The van der Waals surface area contributed by atoms with Gasteiger partial charge in [-0.15, -0.1) is 0 Å². The summed E-state index contributed by atoms with van der Waals surface area (Å²) in [6.45, 7) is 8.00. The predicted octanol–water partition coefficient (Wildman–Crippen LogP) is 3.33. The minimum atomic E-state index is -3.68. The zero-order valence-corrected chi connectivity index (χ0v) is 19.3. The summed E-state index contributed by atoms with van der Waals surface area (Å²) < 4.78 is 30.1. The molecular formula is C21H21N5O3S2. The third-order valence-electron chi connectivity index (χ3n) is 5.06. The molecular weight excluding hydrogens is 434 g/mol. The molecule has 0 unspecified atom stereocenters. The van der Waals surface area contributed by atoms with Crippen LogP contribution in [0.3, 0.4) is 0 Å². The summed E-state index contributed by atoms with van der Waals surface area (Å²) in [4.78, 5) is 17.7. The predicted molar refractivity (Wildman–Crippen MR) is 125 cm³/mol. The van der Waals surface area contributed by atoms with E-state index in [4.69, 9.17) is 5.41 Å². The van der Waals surface area contributed by atoms with E-state index in [0.29, 0.717) is 0 Å². The molecule has 3 heterocycles. The fourth-order valence-electron chi connectivity index (χ4n) is 3.80. The number of fused-ring (bicyclic) bond motifs is 1. The van der Waals surface area contributed by atoms with Gasteiger partial charge in [0.15, 0.2) is 0 Å². The summed E-state index contributed by atoms with van der Waals surface area (Å²) >= 11 is 0.778. The first-order chi connectivity index (χ1) is 14.5. The normalized spacial score (nSPS) is 17.8. The van der Waals surface area contributed by atoms with Gasteiger partial charge in [-0.2, -0.15) is 9.39 Å². The number of amidine groups is 3. The number of aliphatic imine (C=N–C) groups is 1. The van der Waals surface area contributed by atoms with Gasteiger partial charge < -0.3 is 4.57 Å². The highest BCUT2D eigenvalue weighted by molar-refractivity contribution is 8.16. The van der Waals surface area contributed by atoms with Crippen LogP contribution in [0.25, 0.3) is 11.8 Å². The van der Waals surface area contributed by atoms with Crippen LogP contribution in [0.4, 0.5) is 0 Å². The third-order valence-corrected chi connectivity index (χ3v) is 6.81. The maximum absolute atomic E-state index is 12.6. The molecule has 10 heteroatoms. The van der Waals surface area contributed by atoms with Crippen LogP contribution in [-0.2, 0) is 14.6 Å². The first-order valence-electron chi connectivity index (χ1n) is 9.44. The zero-order valence-electron chi connectivity index (χ0n) is 17.7. The molecule has 1 aromatic carbocycles. The van der Waals surface area contributed by atoms with Crippen LogP contribution >= 0.6 is 11.9 Å². The Balaban J connectivity index is 1.80. The minimum Gasteiger partial charge on any atom is -0.318 e. The Bertz CT molecular complexity index is 1340. The summed E-state index contributed by atoms with van der Waals surface area (Å²) in [5.41, 5.74) is 5.96. The fourth-order valence-corrected chi connectivity index (χ4v) is 5.65. The van der Waals surface area contributed by atoms with E-state index >= 15 is 0 Å². The number of nitrogens with one attached hydrogen (secondary N) is 1. The van der Waals surface area contributed by atoms with E-state index in [-0.39, 0.29) is 21.7 Å². The molecule has 1 amide bonds. The Morgan fingerprint density at radius 1 is 1.06 bits per heavy atom. The average Bonchev–Trinajstić information content (AvgIpc) is 3.18. The fraction of sp³-hybridized carbons (Fsp3) is 0.238. The van der Waals surface area contributed by atoms with Crippen molar-refractivity contribution in [2.75, 3.05) is 6.26 Å². The Morgan fingerprint density at radius 3 is 2.32 bits per heavy atom. The molecule has 2 aromatic rings. The van der Waals surface area contributed by atoms with Crippen LogP contribution in [0.5, 0.6) is 0 Å². The highest BCUT2D eigenvalue weighted by atomic mass is 32.2. The number of sulfone groups is 1. The lowest BCUT2D eigenvalue weighted by atomic mass is 10.1. The lowest BCUT2D eigenvalue weighted by molar-refractivity contribution is -0.114. The molecule has 0 saturated heterocycles. The molecule has 0 bridgehead atoms. The second-order valence-electron chi connectivity index (χ2n) is 7.69. The second kappa shape index (κ2) is 7.31. The molecule has 4 rings (SSSR count). The minimum absolute atomic E-state index is 0.0169. The van der Waals surface area contributed by atoms with E-state index in [2.05, 4.69) is 32.2 Å². The van der Waals surface area contributed by atoms with E-state index in [0.717, 1.165) is 56.9 Å². The average molecular weight is 456 g/mol. The van der Waals surface area contributed by atoms with Crippen LogP contribution in [0.15, 0.2) is 39.2 Å². The number of carbonyl (C=O) groups is 1. The summed E-state index contributed by atoms with van der Waals surface area (Å²) in [6, 6.07) is 8.21. The van der Waals surface area contributed by atoms with Gasteiger partial charge in [0.05, 0.1) is 17.5 Å². The van der Waals surface area contributed by atoms with Gasteiger partial charge >= 0.3 is 0 Å². The maximum atomic E-state index is 12.6. The smallest absolute Gasteiger partial charge is 0.283 e. The number of aromatic nitrogens is 1. The topological polar surface area (TPSA) is 108 Å². The number of rotatable bonds is 2. The standard InChI is InChI=1S/C21H21N5O3S2/c1-11-6-12(2)8-16(7-11)25-13(3)9-15(14(25)4)10-17-18(22)26-20(23-19(17)27)30-24-21(26)31(5,28)29/h6-10,22H,1-5H3/b17-10-,22-18?. The first kappa shape index (κ1) is 21.3. The van der Waals surface area contributed by atoms with Gasteiger partial charge in [0.2, 0.25) is 20.2 Å². The van der Waals surface area contributed by atoms with E-state index in [1.807, 2.05) is 33.8 Å². The van der Waals surface area contributed by atoms with Gasteiger partial charge in [-0.1, -0.05) is 6.07 Å². The van der Waals surface area contributed by atoms with E-state index in [1.165, 1.54) is 0 Å². The molecule has 160 valence electrons. The lowest BCUT2D eigenvalue weighted by Gasteiger charge is -2.23.